The number of hydrogen-bond acceptors (Lipinski definition) is 3. The molecule has 1 N–H and O–H groups in total. The van der Waals surface area contributed by atoms with Gasteiger partial charge in [0, 0.05) is 18.0 Å². The average Bonchev–Trinajstić information content (AvgIpc) is 2.05. The second kappa shape index (κ2) is 3.08. The molecule has 0 aliphatic carbocycles. The minimum Gasteiger partial charge on any atom is -0.392 e. The first-order valence-corrected chi connectivity index (χ1v) is 2.88. The lowest BCUT2D eigenvalue weighted by molar-refractivity contribution is 0.350. The molecule has 0 aromatic carbocycles. The molecule has 1 rings (SSSR count). The molecule has 0 bridgehead atoms. The molecule has 1 aromatic heterocycles. The van der Waals surface area contributed by atoms with Gasteiger partial charge in [0.25, 0.3) is 0 Å². The molecule has 0 atom stereocenters. The Hall–Kier alpha value is -1.22. The van der Waals surface area contributed by atoms with Crippen LogP contribution in [-0.2, 0) is 0 Å². The Morgan fingerprint density at radius 1 is 1.50 bits per heavy atom. The highest BCUT2D eigenvalue weighted by molar-refractivity contribution is 5.61. The number of hydrogen-bond donors (Lipinski definition) is 1. The third-order valence-electron chi connectivity index (χ3n) is 1.16. The Morgan fingerprint density at radius 2 is 2.10 bits per heavy atom. The lowest BCUT2D eigenvalue weighted by Gasteiger charge is -1.97. The summed E-state index contributed by atoms with van der Waals surface area (Å²) in [6, 6.07) is 0. The summed E-state index contributed by atoms with van der Waals surface area (Å²) in [7, 11) is 0. The summed E-state index contributed by atoms with van der Waals surface area (Å²) >= 11 is 0. The first-order valence-electron chi connectivity index (χ1n) is 2.88. The standard InChI is InChI=1S/C7H8N2O/c1-6(4-10)7-2-8-5-9-3-7/h2-3,5,10H,1,4H2. The maximum absolute atomic E-state index is 8.63. The van der Waals surface area contributed by atoms with Gasteiger partial charge in [0.05, 0.1) is 6.61 Å². The summed E-state index contributed by atoms with van der Waals surface area (Å²) in [6.45, 7) is 3.57. The van der Waals surface area contributed by atoms with Crippen molar-refractivity contribution in [3.63, 3.8) is 0 Å². The Kier molecular flexibility index (Phi) is 2.12. The highest BCUT2D eigenvalue weighted by Gasteiger charge is 1.94. The van der Waals surface area contributed by atoms with Crippen molar-refractivity contribution >= 4 is 5.57 Å². The number of nitrogens with zero attached hydrogens (tertiary/aromatic N) is 2. The van der Waals surface area contributed by atoms with E-state index in [1.807, 2.05) is 0 Å². The smallest absolute Gasteiger partial charge is 0.115 e. The molecule has 3 nitrogen and oxygen atoms in total. The molecule has 0 amide bonds. The summed E-state index contributed by atoms with van der Waals surface area (Å²) in [5, 5.41) is 8.63. The van der Waals surface area contributed by atoms with Crippen molar-refractivity contribution in [1.29, 1.82) is 0 Å². The third kappa shape index (κ3) is 1.39. The van der Waals surface area contributed by atoms with Crippen LogP contribution in [0.3, 0.4) is 0 Å². The number of aromatic nitrogens is 2. The van der Waals surface area contributed by atoms with Crippen molar-refractivity contribution in [2.75, 3.05) is 6.61 Å². The van der Waals surface area contributed by atoms with Gasteiger partial charge in [-0.1, -0.05) is 6.58 Å². The summed E-state index contributed by atoms with van der Waals surface area (Å²) in [5.74, 6) is 0. The van der Waals surface area contributed by atoms with Crippen LogP contribution < -0.4 is 0 Å². The van der Waals surface area contributed by atoms with Crippen molar-refractivity contribution in [3.8, 4) is 0 Å². The molecule has 0 fully saturated rings. The molecule has 0 unspecified atom stereocenters. The Morgan fingerprint density at radius 3 is 2.60 bits per heavy atom. The van der Waals surface area contributed by atoms with Gasteiger partial charge in [-0.25, -0.2) is 9.97 Å². The molecule has 0 aliphatic heterocycles. The van der Waals surface area contributed by atoms with Gasteiger partial charge < -0.3 is 5.11 Å². The molecule has 0 spiro atoms. The van der Waals surface area contributed by atoms with Gasteiger partial charge in [0.15, 0.2) is 0 Å². The van der Waals surface area contributed by atoms with E-state index in [1.54, 1.807) is 12.4 Å². The Labute approximate surface area is 59.1 Å². The zero-order valence-corrected chi connectivity index (χ0v) is 5.49. The second-order valence-corrected chi connectivity index (χ2v) is 1.89. The summed E-state index contributed by atoms with van der Waals surface area (Å²) in [5.41, 5.74) is 1.42. The molecular weight excluding hydrogens is 128 g/mol. The van der Waals surface area contributed by atoms with Crippen molar-refractivity contribution in [2.24, 2.45) is 0 Å². The molecule has 1 aromatic rings. The zero-order chi connectivity index (χ0) is 7.40. The van der Waals surface area contributed by atoms with Crippen molar-refractivity contribution in [2.45, 2.75) is 0 Å². The molecule has 0 saturated carbocycles. The average molecular weight is 136 g/mol. The largest absolute Gasteiger partial charge is 0.392 e. The van der Waals surface area contributed by atoms with E-state index in [0.717, 1.165) is 5.56 Å². The number of aliphatic hydroxyl groups is 1. The lowest BCUT2D eigenvalue weighted by Crippen LogP contribution is -1.89. The van der Waals surface area contributed by atoms with Crippen LogP contribution in [0.5, 0.6) is 0 Å². The molecule has 52 valence electrons. The molecule has 0 radical (unpaired) electrons. The van der Waals surface area contributed by atoms with Crippen molar-refractivity contribution in [1.82, 2.24) is 9.97 Å². The maximum Gasteiger partial charge on any atom is 0.115 e. The highest BCUT2D eigenvalue weighted by atomic mass is 16.3. The van der Waals surface area contributed by atoms with Crippen LogP contribution in [-0.4, -0.2) is 21.7 Å². The summed E-state index contributed by atoms with van der Waals surface area (Å²) in [4.78, 5) is 7.54. The molecule has 10 heavy (non-hydrogen) atoms. The Bertz CT molecular complexity index is 220. The first kappa shape index (κ1) is 6.89. The highest BCUT2D eigenvalue weighted by Crippen LogP contribution is 2.06. The summed E-state index contributed by atoms with van der Waals surface area (Å²) in [6.07, 6.45) is 4.67. The molecular formula is C7H8N2O. The zero-order valence-electron chi connectivity index (χ0n) is 5.49. The topological polar surface area (TPSA) is 46.0 Å². The molecule has 0 saturated heterocycles. The van der Waals surface area contributed by atoms with Gasteiger partial charge in [0.1, 0.15) is 6.33 Å². The van der Waals surface area contributed by atoms with Crippen LogP contribution in [0.1, 0.15) is 5.56 Å². The van der Waals surface area contributed by atoms with Gasteiger partial charge in [-0.3, -0.25) is 0 Å². The minimum absolute atomic E-state index is 0.0482. The number of aliphatic hydroxyl groups excluding tert-OH is 1. The predicted octanol–water partition coefficient (Wildman–Crippen LogP) is 0.482. The van der Waals surface area contributed by atoms with Crippen molar-refractivity contribution < 1.29 is 5.11 Å². The van der Waals surface area contributed by atoms with Crippen LogP contribution in [0.25, 0.3) is 5.57 Å². The van der Waals surface area contributed by atoms with Crippen LogP contribution in [0.4, 0.5) is 0 Å². The van der Waals surface area contributed by atoms with Gasteiger partial charge >= 0.3 is 0 Å². The van der Waals surface area contributed by atoms with Crippen LogP contribution in [0.15, 0.2) is 25.3 Å². The summed E-state index contributed by atoms with van der Waals surface area (Å²) < 4.78 is 0. The van der Waals surface area contributed by atoms with E-state index in [1.165, 1.54) is 6.33 Å². The fraction of sp³-hybridized carbons (Fsp3) is 0.143. The second-order valence-electron chi connectivity index (χ2n) is 1.89. The van der Waals surface area contributed by atoms with Crippen LogP contribution in [0.2, 0.25) is 0 Å². The van der Waals surface area contributed by atoms with E-state index >= 15 is 0 Å². The predicted molar refractivity (Wildman–Crippen MR) is 38.2 cm³/mol. The maximum atomic E-state index is 8.63. The minimum atomic E-state index is -0.0482. The SMILES string of the molecule is C=C(CO)c1cncnc1. The van der Waals surface area contributed by atoms with E-state index in [4.69, 9.17) is 5.11 Å². The van der Waals surface area contributed by atoms with Gasteiger partial charge in [-0.15, -0.1) is 0 Å². The number of rotatable bonds is 2. The first-order chi connectivity index (χ1) is 4.84. The van der Waals surface area contributed by atoms with E-state index in [2.05, 4.69) is 16.5 Å². The van der Waals surface area contributed by atoms with E-state index in [9.17, 15) is 0 Å². The lowest BCUT2D eigenvalue weighted by atomic mass is 10.2. The van der Waals surface area contributed by atoms with Gasteiger partial charge in [-0.05, 0) is 5.57 Å². The van der Waals surface area contributed by atoms with Crippen LogP contribution in [0, 0.1) is 0 Å². The van der Waals surface area contributed by atoms with E-state index in [0.29, 0.717) is 5.57 Å². The quantitative estimate of drug-likeness (QED) is 0.643. The van der Waals surface area contributed by atoms with Crippen LogP contribution >= 0.6 is 0 Å². The van der Waals surface area contributed by atoms with Crippen molar-refractivity contribution in [3.05, 3.63) is 30.9 Å². The fourth-order valence-electron chi connectivity index (χ4n) is 0.573. The van der Waals surface area contributed by atoms with E-state index in [-0.39, 0.29) is 6.61 Å². The van der Waals surface area contributed by atoms with Gasteiger partial charge in [-0.2, -0.15) is 0 Å². The third-order valence-corrected chi connectivity index (χ3v) is 1.16. The molecule has 0 aliphatic rings. The van der Waals surface area contributed by atoms with Gasteiger partial charge in [0.2, 0.25) is 0 Å². The fourth-order valence-corrected chi connectivity index (χ4v) is 0.573. The molecule has 1 heterocycles. The monoisotopic (exact) mass is 136 g/mol. The van der Waals surface area contributed by atoms with E-state index < -0.39 is 0 Å². The Balaban J connectivity index is 2.85. The molecule has 3 heteroatoms. The normalized spacial score (nSPS) is 9.30.